The number of nitrogens with zero attached hydrogens (tertiary/aromatic N) is 2. The number of likely N-dealkylation sites (tertiary alicyclic amines) is 1. The zero-order valence-electron chi connectivity index (χ0n) is 15.8. The molecule has 3 aliphatic rings. The number of hydrogen-bond donors (Lipinski definition) is 0. The molecule has 0 N–H and O–H groups in total. The molecule has 146 valence electrons. The van der Waals surface area contributed by atoms with Crippen LogP contribution in [0, 0.1) is 0 Å². The Morgan fingerprint density at radius 1 is 1.21 bits per heavy atom. The van der Waals surface area contributed by atoms with Gasteiger partial charge in [-0.3, -0.25) is 9.78 Å². The molecule has 5 rings (SSSR count). The Labute approximate surface area is 164 Å². The minimum absolute atomic E-state index is 0.0604. The number of amides is 1. The molecular formula is C22H24N2O4. The van der Waals surface area contributed by atoms with Crippen molar-refractivity contribution >= 4 is 5.91 Å². The molecule has 0 saturated carbocycles. The maximum atomic E-state index is 12.8. The molecule has 1 aromatic carbocycles. The van der Waals surface area contributed by atoms with E-state index >= 15 is 0 Å². The number of rotatable bonds is 4. The third kappa shape index (κ3) is 3.38. The van der Waals surface area contributed by atoms with Crippen molar-refractivity contribution in [3.63, 3.8) is 0 Å². The normalized spacial score (nSPS) is 25.1. The van der Waals surface area contributed by atoms with Crippen molar-refractivity contribution in [1.82, 2.24) is 9.88 Å². The van der Waals surface area contributed by atoms with E-state index in [0.29, 0.717) is 32.7 Å². The van der Waals surface area contributed by atoms with Crippen LogP contribution in [-0.4, -0.2) is 53.3 Å². The molecule has 1 amide bonds. The standard InChI is InChI=1S/C22H24N2O4/c25-21(20-11-17-3-1-2-4-19(17)28-20)24-14-22(15-24)12-18(7-10-27-22)26-13-16-5-8-23-9-6-16/h1-6,8-9,18,20H,7,10-15H2/t18-,20-/m0/s1. The average Bonchev–Trinajstić information content (AvgIpc) is 3.15. The Kier molecular flexibility index (Phi) is 4.53. The van der Waals surface area contributed by atoms with Crippen LogP contribution in [0.4, 0.5) is 0 Å². The van der Waals surface area contributed by atoms with Crippen LogP contribution in [0.1, 0.15) is 24.0 Å². The summed E-state index contributed by atoms with van der Waals surface area (Å²) in [7, 11) is 0. The van der Waals surface area contributed by atoms with Gasteiger partial charge in [-0.1, -0.05) is 18.2 Å². The topological polar surface area (TPSA) is 60.9 Å². The van der Waals surface area contributed by atoms with Gasteiger partial charge in [0.15, 0.2) is 6.10 Å². The van der Waals surface area contributed by atoms with E-state index in [2.05, 4.69) is 4.98 Å². The van der Waals surface area contributed by atoms with E-state index in [1.54, 1.807) is 12.4 Å². The predicted molar refractivity (Wildman–Crippen MR) is 102 cm³/mol. The van der Waals surface area contributed by atoms with Gasteiger partial charge in [0.2, 0.25) is 0 Å². The van der Waals surface area contributed by atoms with Crippen molar-refractivity contribution in [1.29, 1.82) is 0 Å². The van der Waals surface area contributed by atoms with Crippen molar-refractivity contribution in [2.75, 3.05) is 19.7 Å². The summed E-state index contributed by atoms with van der Waals surface area (Å²) in [5, 5.41) is 0. The van der Waals surface area contributed by atoms with Gasteiger partial charge in [0.25, 0.3) is 5.91 Å². The first-order valence-electron chi connectivity index (χ1n) is 9.89. The number of benzene rings is 1. The Morgan fingerprint density at radius 2 is 2.04 bits per heavy atom. The minimum atomic E-state index is -0.405. The predicted octanol–water partition coefficient (Wildman–Crippen LogP) is 2.36. The van der Waals surface area contributed by atoms with Crippen molar-refractivity contribution in [3.8, 4) is 5.75 Å². The van der Waals surface area contributed by atoms with Crippen molar-refractivity contribution < 1.29 is 19.0 Å². The van der Waals surface area contributed by atoms with E-state index in [-0.39, 0.29) is 17.6 Å². The fourth-order valence-corrected chi connectivity index (χ4v) is 4.37. The van der Waals surface area contributed by atoms with E-state index in [0.717, 1.165) is 29.7 Å². The van der Waals surface area contributed by atoms with Crippen LogP contribution in [0.3, 0.4) is 0 Å². The number of para-hydroxylation sites is 1. The van der Waals surface area contributed by atoms with Crippen LogP contribution in [0.5, 0.6) is 5.75 Å². The second-order valence-electron chi connectivity index (χ2n) is 7.93. The molecular weight excluding hydrogens is 356 g/mol. The molecule has 0 aliphatic carbocycles. The third-order valence-electron chi connectivity index (χ3n) is 5.88. The van der Waals surface area contributed by atoms with Gasteiger partial charge >= 0.3 is 0 Å². The van der Waals surface area contributed by atoms with Crippen LogP contribution >= 0.6 is 0 Å². The number of aromatic nitrogens is 1. The summed E-state index contributed by atoms with van der Waals surface area (Å²) in [6.45, 7) is 2.50. The molecule has 2 fully saturated rings. The molecule has 2 saturated heterocycles. The number of fused-ring (bicyclic) bond motifs is 1. The fourth-order valence-electron chi connectivity index (χ4n) is 4.37. The van der Waals surface area contributed by atoms with Crippen LogP contribution in [0.25, 0.3) is 0 Å². The second kappa shape index (κ2) is 7.18. The highest BCUT2D eigenvalue weighted by Gasteiger charge is 2.51. The maximum absolute atomic E-state index is 12.8. The summed E-state index contributed by atoms with van der Waals surface area (Å²) in [4.78, 5) is 18.7. The summed E-state index contributed by atoms with van der Waals surface area (Å²) in [6, 6.07) is 11.8. The van der Waals surface area contributed by atoms with Gasteiger partial charge in [0, 0.05) is 31.8 Å². The van der Waals surface area contributed by atoms with Gasteiger partial charge in [0.1, 0.15) is 11.4 Å². The molecule has 28 heavy (non-hydrogen) atoms. The highest BCUT2D eigenvalue weighted by atomic mass is 16.5. The van der Waals surface area contributed by atoms with Gasteiger partial charge in [-0.2, -0.15) is 0 Å². The molecule has 2 aromatic rings. The molecule has 0 radical (unpaired) electrons. The molecule has 0 bridgehead atoms. The zero-order chi connectivity index (χ0) is 19.0. The quantitative estimate of drug-likeness (QED) is 0.815. The largest absolute Gasteiger partial charge is 0.480 e. The molecule has 6 heteroatoms. The molecule has 3 aliphatic heterocycles. The fraction of sp³-hybridized carbons (Fsp3) is 0.455. The summed E-state index contributed by atoms with van der Waals surface area (Å²) in [6.07, 6.45) is 5.68. The third-order valence-corrected chi connectivity index (χ3v) is 5.88. The van der Waals surface area contributed by atoms with E-state index < -0.39 is 6.10 Å². The smallest absolute Gasteiger partial charge is 0.264 e. The molecule has 2 atom stereocenters. The average molecular weight is 380 g/mol. The number of carbonyl (C=O) groups excluding carboxylic acids is 1. The lowest BCUT2D eigenvalue weighted by Crippen LogP contribution is -2.68. The lowest BCUT2D eigenvalue weighted by atomic mass is 9.84. The van der Waals surface area contributed by atoms with Crippen LogP contribution in [-0.2, 0) is 27.3 Å². The van der Waals surface area contributed by atoms with E-state index in [1.807, 2.05) is 41.3 Å². The first-order valence-corrected chi connectivity index (χ1v) is 9.89. The number of carbonyl (C=O) groups is 1. The van der Waals surface area contributed by atoms with E-state index in [9.17, 15) is 4.79 Å². The zero-order valence-corrected chi connectivity index (χ0v) is 15.8. The Morgan fingerprint density at radius 3 is 2.86 bits per heavy atom. The van der Waals surface area contributed by atoms with Crippen LogP contribution < -0.4 is 4.74 Å². The molecule has 4 heterocycles. The van der Waals surface area contributed by atoms with Crippen molar-refractivity contribution in [2.45, 2.75) is 43.7 Å². The highest BCUT2D eigenvalue weighted by Crippen LogP contribution is 2.37. The lowest BCUT2D eigenvalue weighted by Gasteiger charge is -2.53. The van der Waals surface area contributed by atoms with E-state index in [4.69, 9.17) is 14.2 Å². The van der Waals surface area contributed by atoms with Gasteiger partial charge in [0.05, 0.1) is 25.8 Å². The number of ether oxygens (including phenoxy) is 3. The van der Waals surface area contributed by atoms with Crippen molar-refractivity contribution in [2.24, 2.45) is 0 Å². The van der Waals surface area contributed by atoms with Crippen LogP contribution in [0.15, 0.2) is 48.8 Å². The SMILES string of the molecule is O=C([C@@H]1Cc2ccccc2O1)N1CC2(C[C@@H](OCc3ccncc3)CCO2)C1. The summed E-state index contributed by atoms with van der Waals surface area (Å²) < 4.78 is 18.0. The van der Waals surface area contributed by atoms with Gasteiger partial charge in [-0.25, -0.2) is 0 Å². The monoisotopic (exact) mass is 380 g/mol. The summed E-state index contributed by atoms with van der Waals surface area (Å²) in [5.74, 6) is 0.889. The summed E-state index contributed by atoms with van der Waals surface area (Å²) in [5.41, 5.74) is 1.97. The van der Waals surface area contributed by atoms with Crippen molar-refractivity contribution in [3.05, 3.63) is 59.9 Å². The highest BCUT2D eigenvalue weighted by molar-refractivity contribution is 5.83. The molecule has 1 aromatic heterocycles. The minimum Gasteiger partial charge on any atom is -0.480 e. The lowest BCUT2D eigenvalue weighted by molar-refractivity contribution is -0.205. The Bertz CT molecular complexity index is 826. The number of pyridine rings is 1. The van der Waals surface area contributed by atoms with Crippen LogP contribution in [0.2, 0.25) is 0 Å². The molecule has 1 spiro atoms. The van der Waals surface area contributed by atoms with Gasteiger partial charge in [-0.05, 0) is 35.7 Å². The van der Waals surface area contributed by atoms with Gasteiger partial charge < -0.3 is 19.1 Å². The first kappa shape index (κ1) is 17.6. The Balaban J connectivity index is 1.14. The van der Waals surface area contributed by atoms with E-state index in [1.165, 1.54) is 0 Å². The second-order valence-corrected chi connectivity index (χ2v) is 7.93. The van der Waals surface area contributed by atoms with Gasteiger partial charge in [-0.15, -0.1) is 0 Å². The summed E-state index contributed by atoms with van der Waals surface area (Å²) >= 11 is 0. The number of hydrogen-bond acceptors (Lipinski definition) is 5. The first-order chi connectivity index (χ1) is 13.7. The molecule has 6 nitrogen and oxygen atoms in total. The molecule has 0 unspecified atom stereocenters. The Hall–Kier alpha value is -2.44. The maximum Gasteiger partial charge on any atom is 0.264 e.